The Hall–Kier alpha value is -3.17. The third kappa shape index (κ3) is 3.18. The number of aliphatic hydroxyl groups excluding tert-OH is 2. The van der Waals surface area contributed by atoms with Gasteiger partial charge < -0.3 is 26.2 Å². The Kier molecular flexibility index (Phi) is 5.29. The van der Waals surface area contributed by atoms with Crippen LogP contribution in [-0.2, 0) is 27.3 Å². The van der Waals surface area contributed by atoms with Crippen molar-refractivity contribution in [3.8, 4) is 5.75 Å². The summed E-state index contributed by atoms with van der Waals surface area (Å²) in [7, 11) is 0. The van der Waals surface area contributed by atoms with Crippen LogP contribution in [0, 0.1) is 11.8 Å². The number of Topliss-reactive ketones (excluding diaryl/α,β-unsaturated/α-hetero) is 2. The van der Waals surface area contributed by atoms with E-state index in [1.54, 1.807) is 0 Å². The van der Waals surface area contributed by atoms with Gasteiger partial charge in [-0.2, -0.15) is 0 Å². The monoisotopic (exact) mass is 468 g/mol. The molecule has 1 aliphatic heterocycles. The van der Waals surface area contributed by atoms with Crippen molar-refractivity contribution in [3.63, 3.8) is 0 Å². The predicted octanol–water partition coefficient (Wildman–Crippen LogP) is 1.41. The molecule has 180 valence electrons. The number of aromatic hydroxyl groups is 1. The number of ketones is 2. The van der Waals surface area contributed by atoms with Crippen molar-refractivity contribution in [2.75, 3.05) is 13.1 Å². The molecule has 0 spiro atoms. The van der Waals surface area contributed by atoms with Gasteiger partial charge in [-0.25, -0.2) is 0 Å². The third-order valence-corrected chi connectivity index (χ3v) is 7.86. The van der Waals surface area contributed by atoms with Crippen molar-refractivity contribution >= 4 is 23.2 Å². The first-order chi connectivity index (χ1) is 16.1. The maximum Gasteiger partial charge on any atom is 0.255 e. The summed E-state index contributed by atoms with van der Waals surface area (Å²) in [5.41, 5.74) is 3.24. The number of primary amides is 1. The summed E-state index contributed by atoms with van der Waals surface area (Å²) in [5, 5.41) is 44.1. The summed E-state index contributed by atoms with van der Waals surface area (Å²) < 4.78 is 0. The van der Waals surface area contributed by atoms with Crippen LogP contribution in [0.5, 0.6) is 5.75 Å². The standard InChI is InChI=1S/C25H28N2O7/c26-24(33)19-16(28)10-15-9-14-8-12-4-5-13(11-27-6-2-1-3-7-27)20(29)17(12)21(30)18(14)22(31)25(15,34)23(19)32/h4-5,14-15,29-30,32,34H,1-3,6-11H2,(H2,26,33)/t14?,15-,25-/m0/s1. The fourth-order valence-corrected chi connectivity index (χ4v) is 6.13. The molecule has 1 aromatic carbocycles. The fraction of sp³-hybridized carbons (Fsp3) is 0.480. The number of hydrogen-bond donors (Lipinski definition) is 5. The Balaban J connectivity index is 1.58. The first kappa shape index (κ1) is 22.6. The molecular formula is C25H28N2O7. The SMILES string of the molecule is NC(=O)C1=C(O)[C@@]2(O)C(=O)C3=C(O)c4c(ccc(CN5CCCCC5)c4O)CC3C[C@H]2CC1=O. The molecule has 1 heterocycles. The van der Waals surface area contributed by atoms with Crippen molar-refractivity contribution in [3.05, 3.63) is 45.7 Å². The lowest BCUT2D eigenvalue weighted by atomic mass is 9.59. The molecule has 0 aromatic heterocycles. The minimum atomic E-state index is -2.53. The second-order valence-corrected chi connectivity index (χ2v) is 9.85. The van der Waals surface area contributed by atoms with Crippen molar-refractivity contribution in [1.82, 2.24) is 4.90 Å². The molecular weight excluding hydrogens is 440 g/mol. The summed E-state index contributed by atoms with van der Waals surface area (Å²) in [6.45, 7) is 2.36. The van der Waals surface area contributed by atoms with E-state index in [1.165, 1.54) is 6.42 Å². The van der Waals surface area contributed by atoms with Gasteiger partial charge in [-0.1, -0.05) is 18.6 Å². The second-order valence-electron chi connectivity index (χ2n) is 9.85. The number of likely N-dealkylation sites (tertiary alicyclic amines) is 1. The molecule has 6 N–H and O–H groups in total. The molecule has 3 aliphatic carbocycles. The average molecular weight is 469 g/mol. The molecule has 2 fully saturated rings. The minimum Gasteiger partial charge on any atom is -0.508 e. The first-order valence-corrected chi connectivity index (χ1v) is 11.7. The van der Waals surface area contributed by atoms with Gasteiger partial charge in [0.15, 0.2) is 11.4 Å². The van der Waals surface area contributed by atoms with Gasteiger partial charge in [-0.3, -0.25) is 19.3 Å². The molecule has 9 nitrogen and oxygen atoms in total. The van der Waals surface area contributed by atoms with Crippen LogP contribution in [0.25, 0.3) is 5.76 Å². The predicted molar refractivity (Wildman–Crippen MR) is 121 cm³/mol. The number of rotatable bonds is 3. The Morgan fingerprint density at radius 1 is 1.09 bits per heavy atom. The maximum atomic E-state index is 13.5. The molecule has 9 heteroatoms. The minimum absolute atomic E-state index is 0.107. The number of fused-ring (bicyclic) bond motifs is 3. The van der Waals surface area contributed by atoms with Crippen LogP contribution >= 0.6 is 0 Å². The lowest BCUT2D eigenvalue weighted by Crippen LogP contribution is -2.58. The molecule has 1 saturated heterocycles. The number of phenolic OH excluding ortho intramolecular Hbond substituents is 1. The Labute approximate surface area is 196 Å². The normalized spacial score (nSPS) is 29.6. The van der Waals surface area contributed by atoms with E-state index in [0.717, 1.165) is 25.9 Å². The van der Waals surface area contributed by atoms with Crippen molar-refractivity contribution < 1.29 is 34.8 Å². The molecule has 3 atom stereocenters. The van der Waals surface area contributed by atoms with Gasteiger partial charge in [0.25, 0.3) is 5.91 Å². The quantitative estimate of drug-likeness (QED) is 0.416. The zero-order valence-electron chi connectivity index (χ0n) is 18.7. The molecule has 4 aliphatic rings. The van der Waals surface area contributed by atoms with Gasteiger partial charge in [0.2, 0.25) is 5.78 Å². The van der Waals surface area contributed by atoms with E-state index in [4.69, 9.17) is 5.73 Å². The highest BCUT2D eigenvalue weighted by molar-refractivity contribution is 6.22. The summed E-state index contributed by atoms with van der Waals surface area (Å²) in [5.74, 6) is -5.98. The van der Waals surface area contributed by atoms with Gasteiger partial charge in [0, 0.05) is 30.0 Å². The number of piperidine rings is 1. The van der Waals surface area contributed by atoms with Gasteiger partial charge in [0.05, 0.1) is 5.56 Å². The number of aliphatic hydroxyl groups is 3. The Bertz CT molecular complexity index is 1180. The lowest BCUT2D eigenvalue weighted by Gasteiger charge is -2.46. The number of phenols is 1. The van der Waals surface area contributed by atoms with Crippen LogP contribution in [0.1, 0.15) is 48.8 Å². The van der Waals surface area contributed by atoms with Gasteiger partial charge in [-0.15, -0.1) is 0 Å². The second kappa shape index (κ2) is 7.95. The van der Waals surface area contributed by atoms with Gasteiger partial charge in [-0.05, 0) is 50.3 Å². The van der Waals surface area contributed by atoms with Gasteiger partial charge in [0.1, 0.15) is 22.8 Å². The van der Waals surface area contributed by atoms with Crippen LogP contribution < -0.4 is 5.73 Å². The highest BCUT2D eigenvalue weighted by Gasteiger charge is 2.60. The Morgan fingerprint density at radius 2 is 1.79 bits per heavy atom. The van der Waals surface area contributed by atoms with Crippen molar-refractivity contribution in [1.29, 1.82) is 0 Å². The molecule has 0 bridgehead atoms. The van der Waals surface area contributed by atoms with E-state index in [0.29, 0.717) is 24.1 Å². The molecule has 1 amide bonds. The van der Waals surface area contributed by atoms with E-state index in [9.17, 15) is 34.8 Å². The lowest BCUT2D eigenvalue weighted by molar-refractivity contribution is -0.147. The van der Waals surface area contributed by atoms with E-state index in [2.05, 4.69) is 4.90 Å². The highest BCUT2D eigenvalue weighted by atomic mass is 16.3. The van der Waals surface area contributed by atoms with Crippen LogP contribution in [0.3, 0.4) is 0 Å². The number of amides is 1. The number of hydrogen-bond acceptors (Lipinski definition) is 8. The fourth-order valence-electron chi connectivity index (χ4n) is 6.13. The van der Waals surface area contributed by atoms with Crippen LogP contribution in [0.2, 0.25) is 0 Å². The largest absolute Gasteiger partial charge is 0.508 e. The smallest absolute Gasteiger partial charge is 0.255 e. The Morgan fingerprint density at radius 3 is 2.47 bits per heavy atom. The number of carbonyl (C=O) groups is 3. The topological polar surface area (TPSA) is 161 Å². The molecule has 34 heavy (non-hydrogen) atoms. The van der Waals surface area contributed by atoms with E-state index < -0.39 is 52.0 Å². The average Bonchev–Trinajstić information content (AvgIpc) is 2.78. The molecule has 0 radical (unpaired) electrons. The summed E-state index contributed by atoms with van der Waals surface area (Å²) in [4.78, 5) is 39.8. The zero-order valence-corrected chi connectivity index (χ0v) is 18.7. The number of nitrogens with zero attached hydrogens (tertiary/aromatic N) is 1. The number of carbonyl (C=O) groups excluding carboxylic acids is 3. The first-order valence-electron chi connectivity index (χ1n) is 11.7. The summed E-state index contributed by atoms with van der Waals surface area (Å²) >= 11 is 0. The van der Waals surface area contributed by atoms with Crippen molar-refractivity contribution in [2.24, 2.45) is 17.6 Å². The van der Waals surface area contributed by atoms with E-state index in [1.807, 2.05) is 12.1 Å². The number of benzene rings is 1. The van der Waals surface area contributed by atoms with E-state index >= 15 is 0 Å². The zero-order chi connectivity index (χ0) is 24.4. The number of nitrogens with two attached hydrogens (primary N) is 1. The van der Waals surface area contributed by atoms with Crippen LogP contribution in [0.4, 0.5) is 0 Å². The summed E-state index contributed by atoms with van der Waals surface area (Å²) in [6, 6.07) is 3.67. The molecule has 5 rings (SSSR count). The molecule has 1 unspecified atom stereocenters. The third-order valence-electron chi connectivity index (χ3n) is 7.86. The van der Waals surface area contributed by atoms with Crippen LogP contribution in [0.15, 0.2) is 29.0 Å². The maximum absolute atomic E-state index is 13.5. The van der Waals surface area contributed by atoms with Gasteiger partial charge >= 0.3 is 0 Å². The molecule has 1 saturated carbocycles. The summed E-state index contributed by atoms with van der Waals surface area (Å²) in [6.07, 6.45) is 3.50. The van der Waals surface area contributed by atoms with Crippen LogP contribution in [-0.4, -0.2) is 61.5 Å². The molecule has 1 aromatic rings. The highest BCUT2D eigenvalue weighted by Crippen LogP contribution is 2.52. The van der Waals surface area contributed by atoms with E-state index in [-0.39, 0.29) is 29.7 Å². The van der Waals surface area contributed by atoms with Crippen molar-refractivity contribution in [2.45, 2.75) is 50.7 Å².